The van der Waals surface area contributed by atoms with E-state index in [4.69, 9.17) is 9.84 Å². The van der Waals surface area contributed by atoms with Crippen LogP contribution < -0.4 is 5.32 Å². The number of ketones is 1. The Morgan fingerprint density at radius 1 is 1.37 bits per heavy atom. The third kappa shape index (κ3) is 4.37. The van der Waals surface area contributed by atoms with Crippen LogP contribution in [0.2, 0.25) is 0 Å². The molecule has 146 valence electrons. The average Bonchev–Trinajstić information content (AvgIpc) is 3.11. The zero-order valence-electron chi connectivity index (χ0n) is 14.1. The second-order valence-corrected chi connectivity index (χ2v) is 8.20. The van der Waals surface area contributed by atoms with Gasteiger partial charge in [-0.05, 0) is 24.3 Å². The van der Waals surface area contributed by atoms with Gasteiger partial charge in [0.15, 0.2) is 11.4 Å². The van der Waals surface area contributed by atoms with Gasteiger partial charge < -0.3 is 30.5 Å². The molecule has 1 aliphatic rings. The molecule has 8 nitrogen and oxygen atoms in total. The van der Waals surface area contributed by atoms with Gasteiger partial charge in [-0.25, -0.2) is 4.98 Å². The quantitative estimate of drug-likeness (QED) is 0.400. The van der Waals surface area contributed by atoms with Crippen LogP contribution in [0.25, 0.3) is 0 Å². The molecular formula is C17H19BrN2O6S. The van der Waals surface area contributed by atoms with E-state index in [9.17, 15) is 20.1 Å². The van der Waals surface area contributed by atoms with Crippen LogP contribution in [0.15, 0.2) is 34.9 Å². The molecule has 1 aromatic heterocycles. The number of aromatic nitrogens is 1. The summed E-state index contributed by atoms with van der Waals surface area (Å²) in [5.41, 5.74) is -1.20. The molecule has 4 unspecified atom stereocenters. The molecule has 0 radical (unpaired) electrons. The number of aliphatic hydroxyl groups is 4. The number of nitrogens with one attached hydrogen (secondary N) is 1. The van der Waals surface area contributed by atoms with Crippen molar-refractivity contribution < 1.29 is 30.0 Å². The number of hydrogen-bond acceptors (Lipinski definition) is 9. The van der Waals surface area contributed by atoms with E-state index in [1.807, 2.05) is 0 Å². The number of thiazole rings is 1. The fourth-order valence-corrected chi connectivity index (χ4v) is 3.82. The van der Waals surface area contributed by atoms with E-state index in [1.54, 1.807) is 24.3 Å². The second kappa shape index (κ2) is 8.31. The highest BCUT2D eigenvalue weighted by atomic mass is 79.9. The first-order chi connectivity index (χ1) is 12.8. The van der Waals surface area contributed by atoms with E-state index < -0.39 is 24.0 Å². The zero-order chi connectivity index (χ0) is 19.6. The van der Waals surface area contributed by atoms with E-state index in [2.05, 4.69) is 26.2 Å². The van der Waals surface area contributed by atoms with Gasteiger partial charge in [0.1, 0.15) is 17.8 Å². The molecule has 5 N–H and O–H groups in total. The smallest absolute Gasteiger partial charge is 0.204 e. The molecule has 0 spiro atoms. The summed E-state index contributed by atoms with van der Waals surface area (Å²) in [6, 6.07) is 6.94. The van der Waals surface area contributed by atoms with Crippen molar-refractivity contribution in [1.82, 2.24) is 4.98 Å². The lowest BCUT2D eigenvalue weighted by molar-refractivity contribution is -0.232. The summed E-state index contributed by atoms with van der Waals surface area (Å²) in [7, 11) is 0. The molecule has 2 heterocycles. The van der Waals surface area contributed by atoms with E-state index >= 15 is 0 Å². The number of nitrogens with zero attached hydrogens (tertiary/aromatic N) is 1. The Hall–Kier alpha value is -1.40. The summed E-state index contributed by atoms with van der Waals surface area (Å²) in [5.74, 6) is -0.185. The maximum Gasteiger partial charge on any atom is 0.204 e. The lowest BCUT2D eigenvalue weighted by atomic mass is 9.87. The van der Waals surface area contributed by atoms with Crippen LogP contribution in [0.1, 0.15) is 21.7 Å². The lowest BCUT2D eigenvalue weighted by Crippen LogP contribution is -2.63. The molecule has 27 heavy (non-hydrogen) atoms. The zero-order valence-corrected chi connectivity index (χ0v) is 16.5. The van der Waals surface area contributed by atoms with E-state index in [0.29, 0.717) is 15.6 Å². The summed E-state index contributed by atoms with van der Waals surface area (Å²) in [4.78, 5) is 17.0. The topological polar surface area (TPSA) is 132 Å². The maximum absolute atomic E-state index is 12.5. The van der Waals surface area contributed by atoms with Crippen LogP contribution in [0, 0.1) is 0 Å². The average molecular weight is 459 g/mol. The number of halogens is 1. The number of benzene rings is 1. The standard InChI is InChI=1S/C17H19BrN2O6S/c18-10-3-1-9(2-4-10)12(22)11-7-19-16(27-11)20-15-13(23)14(24)17(25,5-6-21)8-26-15/h1-4,7,13-15,21,23-25H,5-6,8H2,(H,19,20). The van der Waals surface area contributed by atoms with Crippen LogP contribution in [-0.4, -0.2) is 68.4 Å². The lowest BCUT2D eigenvalue weighted by Gasteiger charge is -2.43. The summed E-state index contributed by atoms with van der Waals surface area (Å²) in [5, 5.41) is 42.7. The highest BCUT2D eigenvalue weighted by Gasteiger charge is 2.48. The Bertz CT molecular complexity index is 801. The third-order valence-corrected chi connectivity index (χ3v) is 5.80. The molecule has 0 amide bonds. The first-order valence-electron chi connectivity index (χ1n) is 8.17. The second-order valence-electron chi connectivity index (χ2n) is 6.25. The fraction of sp³-hybridized carbons (Fsp3) is 0.412. The van der Waals surface area contributed by atoms with Gasteiger partial charge in [-0.2, -0.15) is 0 Å². The SMILES string of the molecule is O=C(c1ccc(Br)cc1)c1cnc(NC2OCC(O)(CCO)C(O)C2O)s1. The van der Waals surface area contributed by atoms with Crippen LogP contribution in [-0.2, 0) is 4.74 Å². The van der Waals surface area contributed by atoms with Crippen molar-refractivity contribution in [3.63, 3.8) is 0 Å². The Morgan fingerprint density at radius 2 is 2.07 bits per heavy atom. The van der Waals surface area contributed by atoms with Gasteiger partial charge in [-0.1, -0.05) is 27.3 Å². The van der Waals surface area contributed by atoms with Gasteiger partial charge in [0.25, 0.3) is 0 Å². The number of aliphatic hydroxyl groups excluding tert-OH is 3. The number of rotatable bonds is 6. The molecule has 1 saturated heterocycles. The molecule has 4 atom stereocenters. The monoisotopic (exact) mass is 458 g/mol. The number of carbonyl (C=O) groups excluding carboxylic acids is 1. The highest BCUT2D eigenvalue weighted by molar-refractivity contribution is 9.10. The van der Waals surface area contributed by atoms with Gasteiger partial charge in [-0.3, -0.25) is 4.79 Å². The van der Waals surface area contributed by atoms with Crippen molar-refractivity contribution in [2.24, 2.45) is 0 Å². The van der Waals surface area contributed by atoms with Crippen molar-refractivity contribution in [3.05, 3.63) is 45.4 Å². The minimum absolute atomic E-state index is 0.124. The molecule has 1 aromatic carbocycles. The van der Waals surface area contributed by atoms with E-state index in [-0.39, 0.29) is 25.4 Å². The summed E-state index contributed by atoms with van der Waals surface area (Å²) < 4.78 is 6.26. The first-order valence-corrected chi connectivity index (χ1v) is 9.78. The number of ether oxygens (including phenoxy) is 1. The van der Waals surface area contributed by atoms with Crippen molar-refractivity contribution in [2.75, 3.05) is 18.5 Å². The van der Waals surface area contributed by atoms with Crippen LogP contribution in [0.5, 0.6) is 0 Å². The summed E-state index contributed by atoms with van der Waals surface area (Å²) >= 11 is 4.41. The number of carbonyl (C=O) groups is 1. The van der Waals surface area contributed by atoms with Crippen LogP contribution in [0.3, 0.4) is 0 Å². The Kier molecular flexibility index (Phi) is 6.26. The summed E-state index contributed by atoms with van der Waals surface area (Å²) in [6.07, 6.45) is -2.66. The van der Waals surface area contributed by atoms with E-state index in [0.717, 1.165) is 15.8 Å². The van der Waals surface area contributed by atoms with Crippen LogP contribution in [0.4, 0.5) is 5.13 Å². The van der Waals surface area contributed by atoms with Crippen molar-refractivity contribution in [1.29, 1.82) is 0 Å². The van der Waals surface area contributed by atoms with Gasteiger partial charge in [0.05, 0.1) is 17.7 Å². The molecule has 3 rings (SSSR count). The van der Waals surface area contributed by atoms with Gasteiger partial charge in [-0.15, -0.1) is 0 Å². The third-order valence-electron chi connectivity index (χ3n) is 4.34. The Labute approximate surface area is 167 Å². The van der Waals surface area contributed by atoms with Crippen molar-refractivity contribution in [2.45, 2.75) is 30.5 Å². The minimum atomic E-state index is -1.72. The first kappa shape index (κ1) is 20.3. The number of anilines is 1. The number of hydrogen-bond donors (Lipinski definition) is 5. The summed E-state index contributed by atoms with van der Waals surface area (Å²) in [6.45, 7) is -0.616. The molecule has 2 aromatic rings. The highest BCUT2D eigenvalue weighted by Crippen LogP contribution is 2.29. The molecule has 1 fully saturated rings. The molecular weight excluding hydrogens is 440 g/mol. The molecule has 0 aliphatic carbocycles. The molecule has 0 saturated carbocycles. The van der Waals surface area contributed by atoms with Crippen LogP contribution >= 0.6 is 27.3 Å². The largest absolute Gasteiger partial charge is 0.396 e. The van der Waals surface area contributed by atoms with Gasteiger partial charge in [0.2, 0.25) is 5.78 Å². The molecule has 10 heteroatoms. The van der Waals surface area contributed by atoms with Gasteiger partial charge in [0, 0.05) is 23.1 Å². The Morgan fingerprint density at radius 3 is 2.74 bits per heavy atom. The predicted octanol–water partition coefficient (Wildman–Crippen LogP) is 0.740. The Balaban J connectivity index is 1.67. The van der Waals surface area contributed by atoms with Crippen molar-refractivity contribution in [3.8, 4) is 0 Å². The minimum Gasteiger partial charge on any atom is -0.396 e. The fourth-order valence-electron chi connectivity index (χ4n) is 2.75. The normalized spacial score (nSPS) is 28.1. The van der Waals surface area contributed by atoms with Gasteiger partial charge >= 0.3 is 0 Å². The van der Waals surface area contributed by atoms with E-state index in [1.165, 1.54) is 6.20 Å². The molecule has 0 bridgehead atoms. The maximum atomic E-state index is 12.5. The van der Waals surface area contributed by atoms with Crippen molar-refractivity contribution >= 4 is 38.2 Å². The predicted molar refractivity (Wildman–Crippen MR) is 102 cm³/mol. The molecule has 1 aliphatic heterocycles.